The molecule has 0 spiro atoms. The molecular formula is C3H6N2O2. The predicted octanol–water partition coefficient (Wildman–Crippen LogP) is 0.193. The Labute approximate surface area is 41.3 Å². The number of nitriles is 1. The van der Waals surface area contributed by atoms with Crippen LogP contribution in [0.2, 0.25) is 0 Å². The summed E-state index contributed by atoms with van der Waals surface area (Å²) in [6.45, 7) is 1.17. The number of hydrogen-bond donors (Lipinski definition) is 1. The van der Waals surface area contributed by atoms with Crippen LogP contribution < -0.4 is 6.15 Å². The topological polar surface area (TPSA) is 85.1 Å². The minimum atomic E-state index is -0.572. The standard InChI is InChI=1S/C3H3NO2.H3N/c1-3(5)6-2-4;/h1H3;1H3. The molecule has 0 saturated carbocycles. The van der Waals surface area contributed by atoms with Crippen molar-refractivity contribution in [1.29, 1.82) is 5.26 Å². The van der Waals surface area contributed by atoms with Gasteiger partial charge in [-0.1, -0.05) is 0 Å². The van der Waals surface area contributed by atoms with Gasteiger partial charge in [0.2, 0.25) is 0 Å². The Kier molecular flexibility index (Phi) is 6.55. The fourth-order valence-electron chi connectivity index (χ4n) is 0.0643. The third-order valence-corrected chi connectivity index (χ3v) is 0.189. The van der Waals surface area contributed by atoms with E-state index < -0.39 is 5.97 Å². The lowest BCUT2D eigenvalue weighted by Crippen LogP contribution is -1.88. The summed E-state index contributed by atoms with van der Waals surface area (Å²) in [6, 6.07) is 0. The molecule has 0 rings (SSSR count). The average Bonchev–Trinajstić information content (AvgIpc) is 1.35. The van der Waals surface area contributed by atoms with Gasteiger partial charge in [0.25, 0.3) is 6.26 Å². The second-order valence-corrected chi connectivity index (χ2v) is 0.685. The molecule has 4 heteroatoms. The van der Waals surface area contributed by atoms with Crippen LogP contribution in [0.1, 0.15) is 6.92 Å². The molecular weight excluding hydrogens is 96.0 g/mol. The van der Waals surface area contributed by atoms with Gasteiger partial charge in [-0.05, 0) is 0 Å². The van der Waals surface area contributed by atoms with Crippen molar-refractivity contribution in [3.63, 3.8) is 0 Å². The predicted molar refractivity (Wildman–Crippen MR) is 22.4 cm³/mol. The van der Waals surface area contributed by atoms with Gasteiger partial charge in [-0.3, -0.25) is 4.79 Å². The van der Waals surface area contributed by atoms with Crippen LogP contribution in [0.15, 0.2) is 0 Å². The summed E-state index contributed by atoms with van der Waals surface area (Å²) in [5, 5.41) is 7.54. The highest BCUT2D eigenvalue weighted by Gasteiger charge is 1.82. The molecule has 0 atom stereocenters. The summed E-state index contributed by atoms with van der Waals surface area (Å²) in [5.74, 6) is -0.572. The van der Waals surface area contributed by atoms with Gasteiger partial charge in [-0.2, -0.15) is 0 Å². The first kappa shape index (κ1) is 9.33. The minimum absolute atomic E-state index is 0. The SMILES string of the molecule is CC(=O)OC#N.N. The molecule has 0 amide bonds. The van der Waals surface area contributed by atoms with E-state index in [0.29, 0.717) is 0 Å². The quantitative estimate of drug-likeness (QED) is 0.349. The maximum atomic E-state index is 9.60. The summed E-state index contributed by atoms with van der Waals surface area (Å²) >= 11 is 0. The Hall–Kier alpha value is -1.08. The lowest BCUT2D eigenvalue weighted by molar-refractivity contribution is -0.134. The molecule has 0 unspecified atom stereocenters. The van der Waals surface area contributed by atoms with Gasteiger partial charge in [-0.25, -0.2) is 0 Å². The number of rotatable bonds is 0. The molecule has 4 nitrogen and oxygen atoms in total. The van der Waals surface area contributed by atoms with Gasteiger partial charge in [-0.15, -0.1) is 5.26 Å². The Morgan fingerprint density at radius 2 is 2.29 bits per heavy atom. The van der Waals surface area contributed by atoms with Gasteiger partial charge in [0, 0.05) is 6.92 Å². The molecule has 0 bridgehead atoms. The number of esters is 1. The fraction of sp³-hybridized carbons (Fsp3) is 0.333. The number of hydrogen-bond acceptors (Lipinski definition) is 4. The summed E-state index contributed by atoms with van der Waals surface area (Å²) in [4.78, 5) is 9.60. The van der Waals surface area contributed by atoms with E-state index in [1.54, 1.807) is 0 Å². The van der Waals surface area contributed by atoms with Crippen LogP contribution in [-0.2, 0) is 9.53 Å². The van der Waals surface area contributed by atoms with Crippen molar-refractivity contribution in [2.75, 3.05) is 0 Å². The zero-order valence-corrected chi connectivity index (χ0v) is 3.97. The average molecular weight is 102 g/mol. The summed E-state index contributed by atoms with van der Waals surface area (Å²) in [5.41, 5.74) is 0. The molecule has 40 valence electrons. The van der Waals surface area contributed by atoms with E-state index in [2.05, 4.69) is 4.74 Å². The third kappa shape index (κ3) is 11.4. The zero-order valence-electron chi connectivity index (χ0n) is 3.97. The Balaban J connectivity index is 0. The minimum Gasteiger partial charge on any atom is -0.351 e. The molecule has 0 saturated heterocycles. The van der Waals surface area contributed by atoms with Crippen molar-refractivity contribution in [2.45, 2.75) is 6.92 Å². The van der Waals surface area contributed by atoms with Crippen molar-refractivity contribution in [3.8, 4) is 6.26 Å². The van der Waals surface area contributed by atoms with Crippen molar-refractivity contribution in [2.24, 2.45) is 0 Å². The maximum absolute atomic E-state index is 9.60. The largest absolute Gasteiger partial charge is 0.351 e. The van der Waals surface area contributed by atoms with Crippen molar-refractivity contribution >= 4 is 5.97 Å². The van der Waals surface area contributed by atoms with Gasteiger partial charge in [0.1, 0.15) is 0 Å². The van der Waals surface area contributed by atoms with Crippen LogP contribution in [0.25, 0.3) is 0 Å². The zero-order chi connectivity index (χ0) is 4.99. The first-order valence-electron chi connectivity index (χ1n) is 1.34. The molecule has 7 heavy (non-hydrogen) atoms. The van der Waals surface area contributed by atoms with Gasteiger partial charge in [0.15, 0.2) is 0 Å². The van der Waals surface area contributed by atoms with Crippen molar-refractivity contribution in [1.82, 2.24) is 6.15 Å². The number of carbonyl (C=O) groups is 1. The van der Waals surface area contributed by atoms with Crippen LogP contribution in [0.4, 0.5) is 0 Å². The lowest BCUT2D eigenvalue weighted by Gasteiger charge is -1.75. The lowest BCUT2D eigenvalue weighted by atomic mass is 10.8. The van der Waals surface area contributed by atoms with Crippen LogP contribution >= 0.6 is 0 Å². The van der Waals surface area contributed by atoms with Gasteiger partial charge >= 0.3 is 5.97 Å². The molecule has 0 aliphatic carbocycles. The van der Waals surface area contributed by atoms with E-state index in [0.717, 1.165) is 0 Å². The summed E-state index contributed by atoms with van der Waals surface area (Å²) in [7, 11) is 0. The molecule has 0 aromatic rings. The first-order chi connectivity index (χ1) is 2.77. The second kappa shape index (κ2) is 4.92. The monoisotopic (exact) mass is 102 g/mol. The smallest absolute Gasteiger partial charge is 0.318 e. The summed E-state index contributed by atoms with van der Waals surface area (Å²) in [6.07, 6.45) is 1.22. The first-order valence-corrected chi connectivity index (χ1v) is 1.34. The molecule has 0 aromatic heterocycles. The number of ether oxygens (including phenoxy) is 1. The van der Waals surface area contributed by atoms with E-state index in [9.17, 15) is 4.79 Å². The molecule has 0 fully saturated rings. The van der Waals surface area contributed by atoms with Crippen molar-refractivity contribution < 1.29 is 9.53 Å². The molecule has 3 N–H and O–H groups in total. The third-order valence-electron chi connectivity index (χ3n) is 0.189. The highest BCUT2D eigenvalue weighted by molar-refractivity contribution is 5.66. The van der Waals surface area contributed by atoms with Crippen LogP contribution in [-0.4, -0.2) is 5.97 Å². The molecule has 0 radical (unpaired) electrons. The Morgan fingerprint density at radius 3 is 2.29 bits per heavy atom. The van der Waals surface area contributed by atoms with E-state index >= 15 is 0 Å². The van der Waals surface area contributed by atoms with E-state index in [1.165, 1.54) is 13.2 Å². The van der Waals surface area contributed by atoms with E-state index in [-0.39, 0.29) is 6.15 Å². The van der Waals surface area contributed by atoms with Crippen LogP contribution in [0, 0.1) is 11.5 Å². The second-order valence-electron chi connectivity index (χ2n) is 0.685. The van der Waals surface area contributed by atoms with Crippen molar-refractivity contribution in [3.05, 3.63) is 0 Å². The highest BCUT2D eigenvalue weighted by Crippen LogP contribution is 1.65. The molecule has 0 heterocycles. The van der Waals surface area contributed by atoms with Gasteiger partial charge in [0.05, 0.1) is 0 Å². The van der Waals surface area contributed by atoms with Crippen LogP contribution in [0.3, 0.4) is 0 Å². The molecule has 0 aliphatic heterocycles. The Morgan fingerprint density at radius 1 is 1.86 bits per heavy atom. The molecule has 0 aliphatic rings. The van der Waals surface area contributed by atoms with Crippen LogP contribution in [0.5, 0.6) is 0 Å². The summed E-state index contributed by atoms with van der Waals surface area (Å²) < 4.78 is 3.71. The van der Waals surface area contributed by atoms with E-state index in [4.69, 9.17) is 5.26 Å². The maximum Gasteiger partial charge on any atom is 0.318 e. The molecule has 0 aromatic carbocycles. The Bertz CT molecular complexity index is 93.6. The normalized spacial score (nSPS) is 5.14. The fourth-order valence-corrected chi connectivity index (χ4v) is 0.0643. The van der Waals surface area contributed by atoms with E-state index in [1.807, 2.05) is 0 Å². The number of nitrogens with zero attached hydrogens (tertiary/aromatic N) is 1. The highest BCUT2D eigenvalue weighted by atomic mass is 16.5. The number of carbonyl (C=O) groups excluding carboxylic acids is 1. The van der Waals surface area contributed by atoms with Gasteiger partial charge < -0.3 is 10.9 Å².